The van der Waals surface area contributed by atoms with Crippen molar-refractivity contribution in [2.45, 2.75) is 32.6 Å². The van der Waals surface area contributed by atoms with Gasteiger partial charge in [0.1, 0.15) is 12.2 Å². The molecular formula is C32H32F3N8O2+. The number of hydrogen-bond donors (Lipinski definition) is 2. The molecule has 5 aromatic rings. The van der Waals surface area contributed by atoms with Gasteiger partial charge in [0.05, 0.1) is 79.0 Å². The minimum absolute atomic E-state index is 0.0491. The number of rotatable bonds is 7. The molecule has 13 heteroatoms. The van der Waals surface area contributed by atoms with E-state index >= 15 is 0 Å². The minimum atomic E-state index is -4.64. The molecule has 1 amide bonds. The quantitative estimate of drug-likeness (QED) is 0.234. The van der Waals surface area contributed by atoms with Crippen molar-refractivity contribution < 1.29 is 22.4 Å². The second-order valence-electron chi connectivity index (χ2n) is 11.8. The Morgan fingerprint density at radius 3 is 2.42 bits per heavy atom. The van der Waals surface area contributed by atoms with Crippen LogP contribution in [0.15, 0.2) is 77.7 Å². The maximum atomic E-state index is 14.0. The lowest BCUT2D eigenvalue weighted by atomic mass is 10.2. The van der Waals surface area contributed by atoms with Crippen LogP contribution in [-0.4, -0.2) is 55.6 Å². The number of alkyl halides is 3. The first-order valence-electron chi connectivity index (χ1n) is 14.0. The third-order valence-electron chi connectivity index (χ3n) is 7.27. The number of aromatic nitrogens is 5. The summed E-state index contributed by atoms with van der Waals surface area (Å²) in [6, 6.07) is 17.0. The topological polar surface area (TPSA) is 113 Å². The fraction of sp³-hybridized carbons (Fsp3) is 0.250. The van der Waals surface area contributed by atoms with Crippen LogP contribution >= 0.6 is 0 Å². The van der Waals surface area contributed by atoms with Crippen molar-refractivity contribution in [3.63, 3.8) is 0 Å². The van der Waals surface area contributed by atoms with E-state index in [2.05, 4.69) is 42.6 Å². The van der Waals surface area contributed by atoms with Crippen molar-refractivity contribution in [3.8, 4) is 28.8 Å². The Morgan fingerprint density at radius 1 is 1.07 bits per heavy atom. The Balaban J connectivity index is 1.63. The molecule has 45 heavy (non-hydrogen) atoms. The molecule has 0 unspecified atom stereocenters. The van der Waals surface area contributed by atoms with E-state index < -0.39 is 29.5 Å². The van der Waals surface area contributed by atoms with Gasteiger partial charge in [-0.3, -0.25) is 4.57 Å². The lowest BCUT2D eigenvalue weighted by molar-refractivity contribution is -0.884. The lowest BCUT2D eigenvalue weighted by Gasteiger charge is -2.23. The first kappa shape index (κ1) is 31.1. The zero-order valence-electron chi connectivity index (χ0n) is 25.3. The monoisotopic (exact) mass is 617 g/mol. The largest absolute Gasteiger partial charge is 0.416 e. The molecular weight excluding hydrogens is 585 g/mol. The van der Waals surface area contributed by atoms with Gasteiger partial charge in [-0.15, -0.1) is 0 Å². The lowest BCUT2D eigenvalue weighted by Crippen LogP contribution is -2.38. The summed E-state index contributed by atoms with van der Waals surface area (Å²) in [5, 5.41) is 16.5. The van der Waals surface area contributed by atoms with Gasteiger partial charge in [-0.25, -0.2) is 18.8 Å². The van der Waals surface area contributed by atoms with E-state index in [4.69, 9.17) is 0 Å². The molecule has 0 aliphatic carbocycles. The van der Waals surface area contributed by atoms with Crippen molar-refractivity contribution in [2.75, 3.05) is 21.1 Å². The molecule has 0 radical (unpaired) electrons. The van der Waals surface area contributed by atoms with Crippen LogP contribution in [0.25, 0.3) is 22.8 Å². The van der Waals surface area contributed by atoms with Gasteiger partial charge < -0.3 is 14.8 Å². The molecule has 0 fully saturated rings. The van der Waals surface area contributed by atoms with Crippen molar-refractivity contribution in [1.82, 2.24) is 29.2 Å². The van der Waals surface area contributed by atoms with Gasteiger partial charge in [0.2, 0.25) is 0 Å². The first-order chi connectivity index (χ1) is 21.2. The van der Waals surface area contributed by atoms with Crippen LogP contribution in [0.2, 0.25) is 0 Å². The fourth-order valence-corrected chi connectivity index (χ4v) is 5.23. The number of halogens is 3. The third kappa shape index (κ3) is 6.32. The maximum Gasteiger partial charge on any atom is 0.416 e. The summed E-state index contributed by atoms with van der Waals surface area (Å²) in [5.41, 5.74) is 1.53. The maximum absolute atomic E-state index is 14.0. The van der Waals surface area contributed by atoms with Crippen LogP contribution in [0.3, 0.4) is 0 Å². The van der Waals surface area contributed by atoms with Gasteiger partial charge in [-0.2, -0.15) is 23.5 Å². The highest BCUT2D eigenvalue weighted by molar-refractivity contribution is 5.83. The molecule has 0 saturated heterocycles. The first-order valence-corrected chi connectivity index (χ1v) is 14.0. The molecule has 232 valence electrons. The highest BCUT2D eigenvalue weighted by atomic mass is 19.4. The number of carbonyl (C=O) groups is 1. The van der Waals surface area contributed by atoms with Crippen LogP contribution in [0.5, 0.6) is 0 Å². The number of aromatic amines is 1. The van der Waals surface area contributed by atoms with Gasteiger partial charge in [0.25, 0.3) is 0 Å². The molecule has 0 spiro atoms. The summed E-state index contributed by atoms with van der Waals surface area (Å²) < 4.78 is 45.0. The molecule has 5 rings (SSSR count). The SMILES string of the molecule is Cc1c(-c2ccnn2-c2ccc(C#N)cc2)n(C(=O)N[C@@H](C)c2ccc(C[N+](C)(C)C)[nH]2)c(=O)n1-c1cccc(C(F)(F)F)c1. The van der Waals surface area contributed by atoms with E-state index in [9.17, 15) is 28.0 Å². The van der Waals surface area contributed by atoms with Crippen LogP contribution in [0.4, 0.5) is 18.0 Å². The van der Waals surface area contributed by atoms with Crippen molar-refractivity contribution in [2.24, 2.45) is 0 Å². The highest BCUT2D eigenvalue weighted by Crippen LogP contribution is 2.32. The second-order valence-corrected chi connectivity index (χ2v) is 11.8. The number of hydrogen-bond acceptors (Lipinski definition) is 4. The van der Waals surface area contributed by atoms with Crippen LogP contribution < -0.4 is 11.0 Å². The van der Waals surface area contributed by atoms with E-state index in [0.717, 1.165) is 39.2 Å². The predicted molar refractivity (Wildman–Crippen MR) is 162 cm³/mol. The van der Waals surface area contributed by atoms with Gasteiger partial charge >= 0.3 is 17.9 Å². The predicted octanol–water partition coefficient (Wildman–Crippen LogP) is 5.54. The molecule has 0 aliphatic rings. The molecule has 10 nitrogen and oxygen atoms in total. The zero-order valence-corrected chi connectivity index (χ0v) is 25.3. The van der Waals surface area contributed by atoms with E-state index in [1.165, 1.54) is 23.0 Å². The summed E-state index contributed by atoms with van der Waals surface area (Å²) >= 11 is 0. The molecule has 3 heterocycles. The molecule has 0 saturated carbocycles. The normalized spacial score (nSPS) is 12.6. The fourth-order valence-electron chi connectivity index (χ4n) is 5.23. The number of nitrogens with one attached hydrogen (secondary N) is 2. The second kappa shape index (κ2) is 11.6. The molecule has 0 bridgehead atoms. The molecule has 1 atom stereocenters. The number of nitriles is 1. The van der Waals surface area contributed by atoms with E-state index in [0.29, 0.717) is 21.4 Å². The van der Waals surface area contributed by atoms with Crippen LogP contribution in [0, 0.1) is 18.3 Å². The number of carbonyl (C=O) groups excluding carboxylic acids is 1. The number of benzene rings is 2. The van der Waals surface area contributed by atoms with E-state index in [-0.39, 0.29) is 17.1 Å². The van der Waals surface area contributed by atoms with Crippen molar-refractivity contribution in [3.05, 3.63) is 112 Å². The number of imidazole rings is 1. The van der Waals surface area contributed by atoms with E-state index in [1.807, 2.05) is 12.1 Å². The summed E-state index contributed by atoms with van der Waals surface area (Å²) in [4.78, 5) is 31.3. The van der Waals surface area contributed by atoms with Crippen molar-refractivity contribution >= 4 is 6.03 Å². The average Bonchev–Trinajstić information content (AvgIpc) is 3.69. The number of amides is 1. The number of H-pyrrole nitrogens is 1. The average molecular weight is 618 g/mol. The van der Waals surface area contributed by atoms with Gasteiger partial charge in [0, 0.05) is 5.69 Å². The van der Waals surface area contributed by atoms with Gasteiger partial charge in [-0.05, 0) is 74.5 Å². The Morgan fingerprint density at radius 2 is 1.78 bits per heavy atom. The zero-order chi connectivity index (χ0) is 32.7. The number of quaternary nitrogens is 1. The third-order valence-corrected chi connectivity index (χ3v) is 7.27. The van der Waals surface area contributed by atoms with Crippen LogP contribution in [-0.2, 0) is 12.7 Å². The standard InChI is InChI=1S/C32H31F3N8O2/c1-20(27-14-11-24(39-27)19-43(3,4)5)38-30(44)41-29(28-15-16-37-42(28)25-12-9-22(18-36)10-13-25)21(2)40(31(41)45)26-8-6-7-23(17-26)32(33,34)35/h6-17,20,39H,19H2,1-5H3/p+1/t20-/m0/s1. The summed E-state index contributed by atoms with van der Waals surface area (Å²) in [7, 11) is 6.17. The summed E-state index contributed by atoms with van der Waals surface area (Å²) in [6.07, 6.45) is -3.15. The Labute approximate surface area is 257 Å². The van der Waals surface area contributed by atoms with Gasteiger partial charge in [-0.1, -0.05) is 6.07 Å². The van der Waals surface area contributed by atoms with Gasteiger partial charge in [0.15, 0.2) is 0 Å². The Hall–Kier alpha value is -5.35. The molecule has 2 aromatic carbocycles. The Kier molecular flexibility index (Phi) is 8.03. The highest BCUT2D eigenvalue weighted by Gasteiger charge is 2.32. The number of nitrogens with zero attached hydrogens (tertiary/aromatic N) is 6. The minimum Gasteiger partial charge on any atom is -0.356 e. The molecule has 3 aromatic heterocycles. The summed E-state index contributed by atoms with van der Waals surface area (Å²) in [5.74, 6) is 0. The molecule has 0 aliphatic heterocycles. The van der Waals surface area contributed by atoms with Crippen molar-refractivity contribution in [1.29, 1.82) is 5.26 Å². The van der Waals surface area contributed by atoms with E-state index in [1.54, 1.807) is 44.2 Å². The smallest absolute Gasteiger partial charge is 0.356 e. The van der Waals surface area contributed by atoms with Crippen LogP contribution in [0.1, 0.15) is 41.2 Å². The Bertz CT molecular complexity index is 1960. The summed E-state index contributed by atoms with van der Waals surface area (Å²) in [6.45, 7) is 4.05. The molecule has 2 N–H and O–H groups in total.